The molecule has 0 radical (unpaired) electrons. The van der Waals surface area contributed by atoms with Crippen LogP contribution in [0.25, 0.3) is 0 Å². The predicted octanol–water partition coefficient (Wildman–Crippen LogP) is 3.17. The molecule has 0 bridgehead atoms. The summed E-state index contributed by atoms with van der Waals surface area (Å²) < 4.78 is 13.8. The number of hydrogen-bond acceptors (Lipinski definition) is 2. The fourth-order valence-electron chi connectivity index (χ4n) is 3.06. The molecule has 1 aliphatic rings. The first-order valence-corrected chi connectivity index (χ1v) is 8.51. The van der Waals surface area contributed by atoms with Crippen molar-refractivity contribution in [3.05, 3.63) is 34.6 Å². The van der Waals surface area contributed by atoms with E-state index in [2.05, 4.69) is 36.1 Å². The molecular weight excluding hydrogens is 315 g/mol. The van der Waals surface area contributed by atoms with Gasteiger partial charge < -0.3 is 11.1 Å². The second kappa shape index (κ2) is 7.97. The van der Waals surface area contributed by atoms with Crippen LogP contribution in [0.2, 0.25) is 5.02 Å². The molecule has 1 aromatic rings. The molecule has 128 valence electrons. The van der Waals surface area contributed by atoms with Gasteiger partial charge in [-0.05, 0) is 57.0 Å². The molecule has 6 heteroatoms. The van der Waals surface area contributed by atoms with Crippen LogP contribution in [0, 0.1) is 11.7 Å². The van der Waals surface area contributed by atoms with Gasteiger partial charge in [-0.1, -0.05) is 24.6 Å². The summed E-state index contributed by atoms with van der Waals surface area (Å²) in [6.07, 6.45) is 2.01. The van der Waals surface area contributed by atoms with Crippen LogP contribution in [-0.2, 0) is 0 Å². The van der Waals surface area contributed by atoms with E-state index < -0.39 is 0 Å². The molecule has 1 saturated heterocycles. The van der Waals surface area contributed by atoms with Crippen LogP contribution >= 0.6 is 11.6 Å². The van der Waals surface area contributed by atoms with Gasteiger partial charge in [0.15, 0.2) is 5.96 Å². The Bertz CT molecular complexity index is 564. The van der Waals surface area contributed by atoms with Crippen molar-refractivity contribution < 1.29 is 4.39 Å². The van der Waals surface area contributed by atoms with E-state index in [-0.39, 0.29) is 16.9 Å². The molecule has 1 aromatic carbocycles. The first kappa shape index (κ1) is 18.0. The van der Waals surface area contributed by atoms with Crippen molar-refractivity contribution in [3.63, 3.8) is 0 Å². The van der Waals surface area contributed by atoms with Gasteiger partial charge in [-0.15, -0.1) is 0 Å². The normalized spacial score (nSPS) is 24.0. The fourth-order valence-corrected chi connectivity index (χ4v) is 3.17. The van der Waals surface area contributed by atoms with Crippen LogP contribution in [0.4, 0.5) is 4.39 Å². The lowest BCUT2D eigenvalue weighted by Crippen LogP contribution is -2.38. The number of halogens is 2. The summed E-state index contributed by atoms with van der Waals surface area (Å²) in [5, 5.41) is 3.33. The predicted molar refractivity (Wildman–Crippen MR) is 94.3 cm³/mol. The highest BCUT2D eigenvalue weighted by molar-refractivity contribution is 6.30. The van der Waals surface area contributed by atoms with E-state index in [9.17, 15) is 4.39 Å². The minimum absolute atomic E-state index is 0.141. The molecule has 23 heavy (non-hydrogen) atoms. The second-order valence-electron chi connectivity index (χ2n) is 6.33. The van der Waals surface area contributed by atoms with Crippen LogP contribution in [0.1, 0.15) is 38.3 Å². The molecular formula is C17H26ClFN4. The van der Waals surface area contributed by atoms with E-state index in [1.54, 1.807) is 6.07 Å². The topological polar surface area (TPSA) is 53.6 Å². The van der Waals surface area contributed by atoms with Crippen molar-refractivity contribution in [1.29, 1.82) is 0 Å². The number of likely N-dealkylation sites (tertiary alicyclic amines) is 1. The minimum Gasteiger partial charge on any atom is -0.370 e. The third-order valence-electron chi connectivity index (χ3n) is 4.56. The number of aliphatic imine (C=N–C) groups is 1. The van der Waals surface area contributed by atoms with Crippen molar-refractivity contribution in [1.82, 2.24) is 10.2 Å². The van der Waals surface area contributed by atoms with Gasteiger partial charge in [0.05, 0.1) is 5.02 Å². The highest BCUT2D eigenvalue weighted by Gasteiger charge is 2.33. The van der Waals surface area contributed by atoms with Gasteiger partial charge >= 0.3 is 0 Å². The number of hydrogen-bond donors (Lipinski definition) is 2. The highest BCUT2D eigenvalue weighted by atomic mass is 35.5. The van der Waals surface area contributed by atoms with Gasteiger partial charge in [0.1, 0.15) is 5.82 Å². The lowest BCUT2D eigenvalue weighted by atomic mass is 9.94. The maximum absolute atomic E-state index is 13.8. The van der Waals surface area contributed by atoms with Gasteiger partial charge in [-0.25, -0.2) is 4.39 Å². The van der Waals surface area contributed by atoms with E-state index in [1.165, 1.54) is 6.07 Å². The Hall–Kier alpha value is -1.33. The Balaban J connectivity index is 2.09. The van der Waals surface area contributed by atoms with Crippen molar-refractivity contribution in [3.8, 4) is 0 Å². The Morgan fingerprint density at radius 2 is 2.30 bits per heavy atom. The number of guanidine groups is 1. The number of nitrogens with two attached hydrogens (primary N) is 1. The molecule has 0 aliphatic carbocycles. The summed E-state index contributed by atoms with van der Waals surface area (Å²) in [6, 6.07) is 5.51. The molecule has 3 atom stereocenters. The van der Waals surface area contributed by atoms with Crippen LogP contribution in [-0.4, -0.2) is 37.0 Å². The zero-order valence-corrected chi connectivity index (χ0v) is 14.8. The lowest BCUT2D eigenvalue weighted by Gasteiger charge is -2.25. The zero-order chi connectivity index (χ0) is 17.0. The SMILES string of the molecule is CCC(C)NC(N)=NCC1CCN(C)C1c1ccc(Cl)c(F)c1. The summed E-state index contributed by atoms with van der Waals surface area (Å²) >= 11 is 5.79. The van der Waals surface area contributed by atoms with E-state index in [4.69, 9.17) is 17.3 Å². The van der Waals surface area contributed by atoms with E-state index in [1.807, 2.05) is 6.07 Å². The van der Waals surface area contributed by atoms with Crippen molar-refractivity contribution in [2.75, 3.05) is 20.1 Å². The maximum Gasteiger partial charge on any atom is 0.188 e. The Kier molecular flexibility index (Phi) is 6.25. The third-order valence-corrected chi connectivity index (χ3v) is 4.87. The Labute approximate surface area is 142 Å². The molecule has 3 N–H and O–H groups in total. The van der Waals surface area contributed by atoms with Crippen LogP contribution in [0.5, 0.6) is 0 Å². The average molecular weight is 341 g/mol. The summed E-state index contributed by atoms with van der Waals surface area (Å²) in [5.74, 6) is 0.428. The standard InChI is InChI=1S/C17H26ClFN4/c1-4-11(2)22-17(20)21-10-13-7-8-23(3)16(13)12-5-6-14(18)15(19)9-12/h5-6,9,11,13,16H,4,7-8,10H2,1-3H3,(H3,20,21,22). The number of nitrogens with zero attached hydrogens (tertiary/aromatic N) is 2. The summed E-state index contributed by atoms with van der Waals surface area (Å²) in [4.78, 5) is 6.72. The van der Waals surface area contributed by atoms with Crippen LogP contribution in [0.3, 0.4) is 0 Å². The van der Waals surface area contributed by atoms with E-state index in [0.717, 1.165) is 24.9 Å². The summed E-state index contributed by atoms with van der Waals surface area (Å²) in [6.45, 7) is 5.77. The molecule has 0 saturated carbocycles. The van der Waals surface area contributed by atoms with Gasteiger partial charge in [0, 0.05) is 18.6 Å². The van der Waals surface area contributed by atoms with Gasteiger partial charge in [0.25, 0.3) is 0 Å². The van der Waals surface area contributed by atoms with Gasteiger partial charge in [-0.2, -0.15) is 0 Å². The Morgan fingerprint density at radius 1 is 1.57 bits per heavy atom. The van der Waals surface area contributed by atoms with Gasteiger partial charge in [0.2, 0.25) is 0 Å². The molecule has 1 heterocycles. The maximum atomic E-state index is 13.8. The van der Waals surface area contributed by atoms with Crippen molar-refractivity contribution in [2.45, 2.75) is 38.8 Å². The molecule has 4 nitrogen and oxygen atoms in total. The van der Waals surface area contributed by atoms with Crippen molar-refractivity contribution in [2.24, 2.45) is 16.6 Å². The first-order valence-electron chi connectivity index (χ1n) is 8.14. The van der Waals surface area contributed by atoms with Gasteiger partial charge in [-0.3, -0.25) is 9.89 Å². The Morgan fingerprint density at radius 3 is 2.96 bits per heavy atom. The summed E-state index contributed by atoms with van der Waals surface area (Å²) in [7, 11) is 2.06. The monoisotopic (exact) mass is 340 g/mol. The zero-order valence-electron chi connectivity index (χ0n) is 14.0. The van der Waals surface area contributed by atoms with Crippen LogP contribution < -0.4 is 11.1 Å². The molecule has 3 unspecified atom stereocenters. The molecule has 1 aliphatic heterocycles. The van der Waals surface area contributed by atoms with E-state index >= 15 is 0 Å². The first-order chi connectivity index (χ1) is 10.9. The second-order valence-corrected chi connectivity index (χ2v) is 6.73. The number of rotatable bonds is 5. The molecule has 0 amide bonds. The smallest absolute Gasteiger partial charge is 0.188 e. The average Bonchev–Trinajstić information content (AvgIpc) is 2.89. The lowest BCUT2D eigenvalue weighted by molar-refractivity contribution is 0.279. The minimum atomic E-state index is -0.371. The molecule has 2 rings (SSSR count). The van der Waals surface area contributed by atoms with Crippen LogP contribution in [0.15, 0.2) is 23.2 Å². The number of benzene rings is 1. The molecule has 1 fully saturated rings. The largest absolute Gasteiger partial charge is 0.370 e. The highest BCUT2D eigenvalue weighted by Crippen LogP contribution is 2.37. The number of nitrogens with one attached hydrogen (secondary N) is 1. The molecule has 0 spiro atoms. The van der Waals surface area contributed by atoms with Crippen molar-refractivity contribution >= 4 is 17.6 Å². The summed E-state index contributed by atoms with van der Waals surface area (Å²) in [5.41, 5.74) is 6.88. The third kappa shape index (κ3) is 4.58. The fraction of sp³-hybridized carbons (Fsp3) is 0.588. The quantitative estimate of drug-likeness (QED) is 0.639. The molecule has 0 aromatic heterocycles. The van der Waals surface area contributed by atoms with E-state index in [0.29, 0.717) is 24.5 Å².